The van der Waals surface area contributed by atoms with Gasteiger partial charge in [0.25, 0.3) is 11.8 Å². The summed E-state index contributed by atoms with van der Waals surface area (Å²) in [5.41, 5.74) is -0.503. The van der Waals surface area contributed by atoms with Gasteiger partial charge in [0.05, 0.1) is 29.0 Å². The Morgan fingerprint density at radius 1 is 1.02 bits per heavy atom. The highest BCUT2D eigenvalue weighted by molar-refractivity contribution is 9.10. The fourth-order valence-electron chi connectivity index (χ4n) is 5.15. The summed E-state index contributed by atoms with van der Waals surface area (Å²) >= 11 is 9.45. The van der Waals surface area contributed by atoms with Crippen LogP contribution in [0.4, 0.5) is 26.3 Å². The van der Waals surface area contributed by atoms with E-state index in [0.717, 1.165) is 22.8 Å². The van der Waals surface area contributed by atoms with Crippen LogP contribution in [0.2, 0.25) is 5.02 Å². The second-order valence-electron chi connectivity index (χ2n) is 10.6. The number of rotatable bonds is 9. The van der Waals surface area contributed by atoms with Crippen molar-refractivity contribution in [2.24, 2.45) is 0 Å². The summed E-state index contributed by atoms with van der Waals surface area (Å²) in [6.07, 6.45) is -4.58. The monoisotopic (exact) mass is 760 g/mol. The molecule has 0 radical (unpaired) electrons. The zero-order valence-corrected chi connectivity index (χ0v) is 27.0. The Morgan fingerprint density at radius 2 is 1.71 bits per heavy atom. The number of carbonyl (C=O) groups excluding carboxylic acids is 2. The molecule has 1 atom stereocenters. The number of alkyl halides is 5. The molecule has 5 rings (SSSR count). The molecule has 9 nitrogen and oxygen atoms in total. The average Bonchev–Trinajstić information content (AvgIpc) is 3.32. The van der Waals surface area contributed by atoms with Crippen molar-refractivity contribution < 1.29 is 45.4 Å². The van der Waals surface area contributed by atoms with Crippen LogP contribution in [0.25, 0.3) is 5.69 Å². The highest BCUT2D eigenvalue weighted by atomic mass is 79.9. The van der Waals surface area contributed by atoms with E-state index in [1.807, 2.05) is 0 Å². The van der Waals surface area contributed by atoms with Gasteiger partial charge in [0, 0.05) is 34.8 Å². The van der Waals surface area contributed by atoms with Crippen LogP contribution in [0.1, 0.15) is 45.1 Å². The number of imidazole rings is 1. The fraction of sp³-hybridized carbons (Fsp3) is 0.258. The van der Waals surface area contributed by atoms with Gasteiger partial charge in [0.15, 0.2) is 6.61 Å². The van der Waals surface area contributed by atoms with E-state index in [4.69, 9.17) is 16.3 Å². The summed E-state index contributed by atoms with van der Waals surface area (Å²) in [6.45, 7) is -3.43. The van der Waals surface area contributed by atoms with Crippen molar-refractivity contribution in [1.29, 1.82) is 0 Å². The van der Waals surface area contributed by atoms with Crippen molar-refractivity contribution in [1.82, 2.24) is 19.4 Å². The molecule has 0 unspecified atom stereocenters. The molecule has 4 aromatic rings. The van der Waals surface area contributed by atoms with E-state index in [0.29, 0.717) is 9.50 Å². The Kier molecular flexibility index (Phi) is 10.1. The summed E-state index contributed by atoms with van der Waals surface area (Å²) < 4.78 is 89.9. The van der Waals surface area contributed by atoms with Crippen molar-refractivity contribution in [3.63, 3.8) is 0 Å². The number of fused-ring (bicyclic) bond motifs is 1. The van der Waals surface area contributed by atoms with Crippen LogP contribution in [-0.4, -0.2) is 51.8 Å². The van der Waals surface area contributed by atoms with Crippen molar-refractivity contribution in [3.8, 4) is 17.2 Å². The number of hydrogen-bond donors (Lipinski definition) is 1. The van der Waals surface area contributed by atoms with Crippen LogP contribution in [0.3, 0.4) is 0 Å². The SMILES string of the molecule is C[C@H](NC(=O)c1c2n(c(=O)n1-c1ccc(OCC(F)(F)F)cc1)CCN(C(=O)c1ccc(Br)c(Cl)c1)C2)c1ccc(OC(F)F)cc1F. The standard InChI is InChI=1S/C31H24BrClF6N4O5/c1-16(21-8-7-20(13-24(21)34)48-29(35)36)40-27(44)26-25-14-41(28(45)17-2-9-22(32)23(33)12-17)10-11-42(25)30(46)43(26)18-3-5-19(6-4-18)47-15-31(37,38)39/h2-9,12-13,16,29H,10-11,14-15H2,1H3,(H,40,44)/t16-/m0/s1. The maximum atomic E-state index is 14.9. The molecule has 2 amide bonds. The first-order valence-corrected chi connectivity index (χ1v) is 15.2. The van der Waals surface area contributed by atoms with E-state index in [9.17, 15) is 40.7 Å². The lowest BCUT2D eigenvalue weighted by atomic mass is 10.1. The zero-order chi connectivity index (χ0) is 34.9. The molecule has 0 bridgehead atoms. The maximum absolute atomic E-state index is 14.9. The number of nitrogens with zero attached hydrogens (tertiary/aromatic N) is 3. The molecule has 1 N–H and O–H groups in total. The zero-order valence-electron chi connectivity index (χ0n) is 24.7. The molecule has 0 aliphatic carbocycles. The third-order valence-corrected chi connectivity index (χ3v) is 8.59. The third kappa shape index (κ3) is 7.65. The summed E-state index contributed by atoms with van der Waals surface area (Å²) in [5, 5.41) is 2.90. The number of benzene rings is 3. The second-order valence-corrected chi connectivity index (χ2v) is 11.8. The number of halogens is 8. The van der Waals surface area contributed by atoms with Gasteiger partial charge in [0.1, 0.15) is 23.0 Å². The van der Waals surface area contributed by atoms with E-state index in [1.165, 1.54) is 46.7 Å². The lowest BCUT2D eigenvalue weighted by Crippen LogP contribution is -2.41. The highest BCUT2D eigenvalue weighted by Crippen LogP contribution is 2.28. The van der Waals surface area contributed by atoms with E-state index in [1.54, 1.807) is 12.1 Å². The molecule has 0 spiro atoms. The Hall–Kier alpha value is -4.44. The molecule has 0 saturated carbocycles. The predicted molar refractivity (Wildman–Crippen MR) is 164 cm³/mol. The Bertz CT molecular complexity index is 1910. The van der Waals surface area contributed by atoms with E-state index < -0.39 is 54.5 Å². The number of hydrogen-bond acceptors (Lipinski definition) is 5. The molecule has 1 aromatic heterocycles. The van der Waals surface area contributed by atoms with Gasteiger partial charge in [-0.25, -0.2) is 9.18 Å². The van der Waals surface area contributed by atoms with E-state index in [2.05, 4.69) is 26.0 Å². The van der Waals surface area contributed by atoms with Crippen LogP contribution >= 0.6 is 27.5 Å². The minimum Gasteiger partial charge on any atom is -0.484 e. The minimum atomic E-state index is -4.58. The normalized spacial score (nSPS) is 13.7. The van der Waals surface area contributed by atoms with Gasteiger partial charge < -0.3 is 19.7 Å². The number of carbonyl (C=O) groups is 2. The molecule has 3 aromatic carbocycles. The van der Waals surface area contributed by atoms with Crippen LogP contribution in [0.15, 0.2) is 69.9 Å². The molecular formula is C31H24BrClF6N4O5. The summed E-state index contributed by atoms with van der Waals surface area (Å²) in [5.74, 6) is -2.82. The van der Waals surface area contributed by atoms with Gasteiger partial charge in [0.2, 0.25) is 0 Å². The van der Waals surface area contributed by atoms with Gasteiger partial charge >= 0.3 is 18.5 Å². The molecular weight excluding hydrogens is 738 g/mol. The number of amides is 2. The molecule has 1 aliphatic rings. The average molecular weight is 762 g/mol. The lowest BCUT2D eigenvalue weighted by molar-refractivity contribution is -0.153. The summed E-state index contributed by atoms with van der Waals surface area (Å²) in [7, 11) is 0. The molecule has 254 valence electrons. The van der Waals surface area contributed by atoms with E-state index >= 15 is 0 Å². The van der Waals surface area contributed by atoms with Gasteiger partial charge in [-0.05, 0) is 71.4 Å². The first kappa shape index (κ1) is 34.9. The lowest BCUT2D eigenvalue weighted by Gasteiger charge is -2.28. The maximum Gasteiger partial charge on any atom is 0.422 e. The quantitative estimate of drug-likeness (QED) is 0.188. The number of ether oxygens (including phenoxy) is 2. The second kappa shape index (κ2) is 14.0. The van der Waals surface area contributed by atoms with Crippen LogP contribution < -0.4 is 20.5 Å². The number of nitrogens with one attached hydrogen (secondary N) is 1. The van der Waals surface area contributed by atoms with Crippen LogP contribution in [0.5, 0.6) is 11.5 Å². The Morgan fingerprint density at radius 3 is 2.33 bits per heavy atom. The van der Waals surface area contributed by atoms with Crippen molar-refractivity contribution in [2.75, 3.05) is 13.2 Å². The highest BCUT2D eigenvalue weighted by Gasteiger charge is 2.33. The van der Waals surface area contributed by atoms with Crippen molar-refractivity contribution in [2.45, 2.75) is 38.8 Å². The van der Waals surface area contributed by atoms with Crippen LogP contribution in [0, 0.1) is 5.82 Å². The molecule has 17 heteroatoms. The molecule has 1 aliphatic heterocycles. The fourth-order valence-corrected chi connectivity index (χ4v) is 5.58. The van der Waals surface area contributed by atoms with E-state index in [-0.39, 0.29) is 53.6 Å². The predicted octanol–water partition coefficient (Wildman–Crippen LogP) is 6.88. The van der Waals surface area contributed by atoms with Gasteiger partial charge in [-0.15, -0.1) is 0 Å². The Balaban J connectivity index is 1.51. The smallest absolute Gasteiger partial charge is 0.422 e. The Labute approximate surface area is 281 Å². The van der Waals surface area contributed by atoms with Gasteiger partial charge in [-0.2, -0.15) is 22.0 Å². The number of aromatic nitrogens is 2. The third-order valence-electron chi connectivity index (χ3n) is 7.36. The molecule has 48 heavy (non-hydrogen) atoms. The first-order valence-electron chi connectivity index (χ1n) is 14.1. The summed E-state index contributed by atoms with van der Waals surface area (Å²) in [6, 6.07) is 11.5. The van der Waals surface area contributed by atoms with Crippen molar-refractivity contribution in [3.05, 3.63) is 109 Å². The molecule has 0 saturated heterocycles. The van der Waals surface area contributed by atoms with Crippen molar-refractivity contribution >= 4 is 39.3 Å². The minimum absolute atomic E-state index is 0.0139. The summed E-state index contributed by atoms with van der Waals surface area (Å²) in [4.78, 5) is 42.5. The molecule has 2 heterocycles. The van der Waals surface area contributed by atoms with Gasteiger partial charge in [-0.1, -0.05) is 17.7 Å². The van der Waals surface area contributed by atoms with Crippen LogP contribution in [-0.2, 0) is 13.1 Å². The first-order chi connectivity index (χ1) is 22.6. The molecule has 0 fully saturated rings. The largest absolute Gasteiger partial charge is 0.484 e. The topological polar surface area (TPSA) is 94.8 Å². The van der Waals surface area contributed by atoms with Gasteiger partial charge in [-0.3, -0.25) is 18.7 Å².